The van der Waals surface area contributed by atoms with Crippen LogP contribution >= 0.6 is 11.3 Å². The average Bonchev–Trinajstić information content (AvgIpc) is 2.75. The van der Waals surface area contributed by atoms with Crippen LogP contribution in [0.2, 0.25) is 0 Å². The molecule has 2 rings (SSSR count). The Morgan fingerprint density at radius 1 is 1.33 bits per heavy atom. The summed E-state index contributed by atoms with van der Waals surface area (Å²) in [6.07, 6.45) is 0.341. The summed E-state index contributed by atoms with van der Waals surface area (Å²) in [6, 6.07) is 5.78. The van der Waals surface area contributed by atoms with Crippen molar-refractivity contribution in [3.8, 4) is 5.75 Å². The highest BCUT2D eigenvalue weighted by molar-refractivity contribution is 7.11. The van der Waals surface area contributed by atoms with E-state index in [1.807, 2.05) is 13.8 Å². The average molecular weight is 308 g/mol. The van der Waals surface area contributed by atoms with Gasteiger partial charge in [0.25, 0.3) is 0 Å². The van der Waals surface area contributed by atoms with Crippen molar-refractivity contribution in [2.24, 2.45) is 0 Å². The first-order valence-corrected chi connectivity index (χ1v) is 7.44. The van der Waals surface area contributed by atoms with E-state index in [-0.39, 0.29) is 11.7 Å². The van der Waals surface area contributed by atoms with Gasteiger partial charge in [-0.25, -0.2) is 9.37 Å². The number of ether oxygens (including phenoxy) is 1. The highest BCUT2D eigenvalue weighted by atomic mass is 32.1. The molecular formula is C15H17FN2O2S. The van der Waals surface area contributed by atoms with Crippen molar-refractivity contribution in [1.82, 2.24) is 10.3 Å². The number of hydrogen-bond acceptors (Lipinski definition) is 4. The van der Waals surface area contributed by atoms with Crippen LogP contribution in [0.5, 0.6) is 5.75 Å². The molecule has 6 heteroatoms. The van der Waals surface area contributed by atoms with Crippen molar-refractivity contribution in [3.63, 3.8) is 0 Å². The van der Waals surface area contributed by atoms with Gasteiger partial charge in [0, 0.05) is 4.88 Å². The van der Waals surface area contributed by atoms with Gasteiger partial charge < -0.3 is 10.1 Å². The maximum absolute atomic E-state index is 12.7. The van der Waals surface area contributed by atoms with Crippen LogP contribution in [0.15, 0.2) is 24.3 Å². The lowest BCUT2D eigenvalue weighted by Crippen LogP contribution is -2.29. The summed E-state index contributed by atoms with van der Waals surface area (Å²) in [7, 11) is 0. The number of thiazole rings is 1. The molecule has 0 fully saturated rings. The van der Waals surface area contributed by atoms with Crippen molar-refractivity contribution in [1.29, 1.82) is 0 Å². The molecule has 0 bridgehead atoms. The lowest BCUT2D eigenvalue weighted by molar-refractivity contribution is -0.120. The fourth-order valence-corrected chi connectivity index (χ4v) is 2.77. The van der Waals surface area contributed by atoms with Gasteiger partial charge in [0.05, 0.1) is 23.7 Å². The van der Waals surface area contributed by atoms with Gasteiger partial charge in [0.15, 0.2) is 0 Å². The molecule has 0 radical (unpaired) electrons. The largest absolute Gasteiger partial charge is 0.492 e. The summed E-state index contributed by atoms with van der Waals surface area (Å²) in [5.74, 6) is 0.231. The summed E-state index contributed by atoms with van der Waals surface area (Å²) < 4.78 is 18.1. The third kappa shape index (κ3) is 4.82. The number of aryl methyl sites for hydroxylation is 2. The summed E-state index contributed by atoms with van der Waals surface area (Å²) in [4.78, 5) is 17.1. The van der Waals surface area contributed by atoms with E-state index in [1.165, 1.54) is 12.1 Å². The van der Waals surface area contributed by atoms with Crippen molar-refractivity contribution < 1.29 is 13.9 Å². The first kappa shape index (κ1) is 15.4. The second kappa shape index (κ2) is 7.17. The van der Waals surface area contributed by atoms with E-state index in [1.54, 1.807) is 23.5 Å². The molecule has 1 amide bonds. The Balaban J connectivity index is 1.70. The highest BCUT2D eigenvalue weighted by Gasteiger charge is 2.09. The van der Waals surface area contributed by atoms with Crippen molar-refractivity contribution in [2.45, 2.75) is 20.3 Å². The van der Waals surface area contributed by atoms with Crippen LogP contribution < -0.4 is 10.1 Å². The summed E-state index contributed by atoms with van der Waals surface area (Å²) in [6.45, 7) is 4.59. The van der Waals surface area contributed by atoms with Crippen LogP contribution in [0.1, 0.15) is 15.6 Å². The quantitative estimate of drug-likeness (QED) is 0.835. The molecule has 0 atom stereocenters. The number of aromatic nitrogens is 1. The number of carbonyl (C=O) groups is 1. The molecule has 0 aliphatic rings. The Kier molecular flexibility index (Phi) is 5.27. The molecule has 2 aromatic rings. The maximum Gasteiger partial charge on any atom is 0.225 e. The smallest absolute Gasteiger partial charge is 0.225 e. The van der Waals surface area contributed by atoms with Gasteiger partial charge in [-0.3, -0.25) is 4.79 Å². The molecule has 21 heavy (non-hydrogen) atoms. The van der Waals surface area contributed by atoms with Crippen molar-refractivity contribution in [3.05, 3.63) is 45.7 Å². The molecular weight excluding hydrogens is 291 g/mol. The molecule has 0 aliphatic carbocycles. The van der Waals surface area contributed by atoms with Gasteiger partial charge in [-0.15, -0.1) is 11.3 Å². The second-order valence-corrected chi connectivity index (χ2v) is 5.86. The Bertz CT molecular complexity index is 611. The van der Waals surface area contributed by atoms with Gasteiger partial charge in [-0.05, 0) is 38.1 Å². The van der Waals surface area contributed by atoms with Crippen LogP contribution in [-0.4, -0.2) is 24.0 Å². The Labute approximate surface area is 127 Å². The van der Waals surface area contributed by atoms with Crippen molar-refractivity contribution >= 4 is 17.2 Å². The third-order valence-corrected chi connectivity index (χ3v) is 3.90. The SMILES string of the molecule is Cc1nc(C)c(CC(=O)NCCOc2ccc(F)cc2)s1. The number of halogens is 1. The van der Waals surface area contributed by atoms with E-state index in [0.29, 0.717) is 25.3 Å². The fourth-order valence-electron chi connectivity index (χ4n) is 1.84. The van der Waals surface area contributed by atoms with Crippen LogP contribution in [0.25, 0.3) is 0 Å². The molecule has 0 spiro atoms. The van der Waals surface area contributed by atoms with E-state index in [2.05, 4.69) is 10.3 Å². The number of carbonyl (C=O) groups excluding carboxylic acids is 1. The molecule has 1 N–H and O–H groups in total. The third-order valence-electron chi connectivity index (χ3n) is 2.83. The highest BCUT2D eigenvalue weighted by Crippen LogP contribution is 2.17. The van der Waals surface area contributed by atoms with Crippen LogP contribution in [-0.2, 0) is 11.2 Å². The predicted molar refractivity (Wildman–Crippen MR) is 80.2 cm³/mol. The lowest BCUT2D eigenvalue weighted by Gasteiger charge is -2.07. The molecule has 112 valence electrons. The molecule has 0 aliphatic heterocycles. The van der Waals surface area contributed by atoms with Crippen LogP contribution in [0, 0.1) is 19.7 Å². The molecule has 4 nitrogen and oxygen atoms in total. The first-order chi connectivity index (χ1) is 10.0. The van der Waals surface area contributed by atoms with Gasteiger partial charge >= 0.3 is 0 Å². The van der Waals surface area contributed by atoms with Gasteiger partial charge in [0.2, 0.25) is 5.91 Å². The van der Waals surface area contributed by atoms with E-state index in [4.69, 9.17) is 4.74 Å². The zero-order valence-electron chi connectivity index (χ0n) is 12.0. The monoisotopic (exact) mass is 308 g/mol. The normalized spacial score (nSPS) is 10.4. The number of benzene rings is 1. The van der Waals surface area contributed by atoms with Gasteiger partial charge in [0.1, 0.15) is 18.2 Å². The summed E-state index contributed by atoms with van der Waals surface area (Å²) in [5, 5.41) is 3.76. The fraction of sp³-hybridized carbons (Fsp3) is 0.333. The van der Waals surface area contributed by atoms with E-state index in [0.717, 1.165) is 15.6 Å². The van der Waals surface area contributed by atoms with Gasteiger partial charge in [-0.1, -0.05) is 0 Å². The van der Waals surface area contributed by atoms with E-state index in [9.17, 15) is 9.18 Å². The van der Waals surface area contributed by atoms with Gasteiger partial charge in [-0.2, -0.15) is 0 Å². The number of amides is 1. The predicted octanol–water partition coefficient (Wildman–Crippen LogP) is 2.64. The summed E-state index contributed by atoms with van der Waals surface area (Å²) >= 11 is 1.54. The van der Waals surface area contributed by atoms with E-state index < -0.39 is 0 Å². The molecule has 0 saturated heterocycles. The van der Waals surface area contributed by atoms with Crippen LogP contribution in [0.4, 0.5) is 4.39 Å². The Morgan fingerprint density at radius 3 is 2.67 bits per heavy atom. The Morgan fingerprint density at radius 2 is 2.05 bits per heavy atom. The maximum atomic E-state index is 12.7. The summed E-state index contributed by atoms with van der Waals surface area (Å²) in [5.41, 5.74) is 0.912. The van der Waals surface area contributed by atoms with Crippen LogP contribution in [0.3, 0.4) is 0 Å². The molecule has 1 heterocycles. The zero-order valence-corrected chi connectivity index (χ0v) is 12.8. The number of nitrogens with one attached hydrogen (secondary N) is 1. The van der Waals surface area contributed by atoms with E-state index >= 15 is 0 Å². The lowest BCUT2D eigenvalue weighted by atomic mass is 10.3. The Hall–Kier alpha value is -1.95. The molecule has 1 aromatic heterocycles. The number of rotatable bonds is 6. The zero-order chi connectivity index (χ0) is 15.2. The number of hydrogen-bond donors (Lipinski definition) is 1. The van der Waals surface area contributed by atoms with Crippen molar-refractivity contribution in [2.75, 3.05) is 13.2 Å². The molecule has 0 saturated carbocycles. The molecule has 0 unspecified atom stereocenters. The topological polar surface area (TPSA) is 51.2 Å². The first-order valence-electron chi connectivity index (χ1n) is 6.62. The second-order valence-electron chi connectivity index (χ2n) is 4.57. The minimum Gasteiger partial charge on any atom is -0.492 e. The minimum atomic E-state index is -0.300. The number of nitrogens with zero attached hydrogens (tertiary/aromatic N) is 1. The minimum absolute atomic E-state index is 0.0514. The standard InChI is InChI=1S/C15H17FN2O2S/c1-10-14(21-11(2)18-10)9-15(19)17-7-8-20-13-5-3-12(16)4-6-13/h3-6H,7-9H2,1-2H3,(H,17,19). The molecule has 1 aromatic carbocycles.